The maximum Gasteiger partial charge on any atom is 0.319 e. The maximum absolute atomic E-state index is 17.0. The minimum atomic E-state index is -1.22. The fourth-order valence-corrected chi connectivity index (χ4v) is 7.74. The van der Waals surface area contributed by atoms with Crippen LogP contribution in [0.2, 0.25) is 0 Å². The number of aromatic hydroxyl groups is 1. The topological polar surface area (TPSA) is 123 Å². The number of nitrogen functional groups attached to an aromatic ring is 1. The van der Waals surface area contributed by atoms with Crippen molar-refractivity contribution in [2.45, 2.75) is 57.0 Å². The monoisotopic (exact) mass is 675 g/mol. The molecule has 3 aromatic heterocycles. The maximum atomic E-state index is 17.0. The van der Waals surface area contributed by atoms with Crippen LogP contribution in [0.4, 0.5) is 29.2 Å². The fraction of sp³-hybridized carbons (Fsp3) is 0.371. The summed E-state index contributed by atoms with van der Waals surface area (Å²) in [6.07, 6.45) is 2.01. The Morgan fingerprint density at radius 1 is 1.10 bits per heavy atom. The van der Waals surface area contributed by atoms with Crippen molar-refractivity contribution in [3.05, 3.63) is 65.6 Å². The molecular weight excluding hydrogens is 642 g/mol. The van der Waals surface area contributed by atoms with Crippen molar-refractivity contribution in [1.82, 2.24) is 24.8 Å². The lowest BCUT2D eigenvalue weighted by Crippen LogP contribution is -2.43. The van der Waals surface area contributed by atoms with E-state index >= 15 is 8.78 Å². The Kier molecular flexibility index (Phi) is 7.39. The van der Waals surface area contributed by atoms with Crippen LogP contribution >= 0.6 is 0 Å². The normalized spacial score (nSPS) is 22.7. The Hall–Kier alpha value is -4.98. The predicted molar refractivity (Wildman–Crippen MR) is 175 cm³/mol. The number of hydrogen-bond donors (Lipinski definition) is 2. The molecule has 2 saturated heterocycles. The largest absolute Gasteiger partial charge is 0.508 e. The molecule has 14 heteroatoms. The predicted octanol–water partition coefficient (Wildman–Crippen LogP) is 6.25. The summed E-state index contributed by atoms with van der Waals surface area (Å²) in [6, 6.07) is 7.60. The van der Waals surface area contributed by atoms with Crippen molar-refractivity contribution in [3.63, 3.8) is 0 Å². The first-order chi connectivity index (χ1) is 23.5. The molecule has 3 aliphatic rings. The Bertz CT molecular complexity index is 2140. The molecule has 0 spiro atoms. The van der Waals surface area contributed by atoms with Gasteiger partial charge >= 0.3 is 6.01 Å². The molecule has 0 aliphatic carbocycles. The van der Waals surface area contributed by atoms with Gasteiger partial charge in [-0.3, -0.25) is 4.90 Å². The first-order valence-corrected chi connectivity index (χ1v) is 16.2. The average Bonchev–Trinajstić information content (AvgIpc) is 3.55. The summed E-state index contributed by atoms with van der Waals surface area (Å²) in [5.74, 6) is -3.15. The van der Waals surface area contributed by atoms with Crippen LogP contribution in [0.1, 0.15) is 44.7 Å². The van der Waals surface area contributed by atoms with Crippen molar-refractivity contribution in [2.24, 2.45) is 0 Å². The molecule has 0 radical (unpaired) electrons. The molecule has 6 heterocycles. The number of nitrogens with two attached hydrogens (primary N) is 1. The third-order valence-corrected chi connectivity index (χ3v) is 10.0. The number of hydrogen-bond acceptors (Lipinski definition) is 10. The summed E-state index contributed by atoms with van der Waals surface area (Å²) < 4.78 is 74.0. The molecule has 8 rings (SSSR count). The van der Waals surface area contributed by atoms with Crippen molar-refractivity contribution in [1.29, 1.82) is 0 Å². The van der Waals surface area contributed by atoms with Crippen LogP contribution in [-0.2, 0) is 0 Å². The van der Waals surface area contributed by atoms with Crippen molar-refractivity contribution in [3.8, 4) is 28.9 Å². The van der Waals surface area contributed by atoms with Gasteiger partial charge < -0.3 is 25.2 Å². The summed E-state index contributed by atoms with van der Waals surface area (Å²) in [5.41, 5.74) is 5.59. The zero-order valence-electron chi connectivity index (χ0n) is 26.8. The van der Waals surface area contributed by atoms with Crippen molar-refractivity contribution < 1.29 is 32.1 Å². The molecule has 0 bridgehead atoms. The average molecular weight is 676 g/mol. The van der Waals surface area contributed by atoms with Gasteiger partial charge in [0.05, 0.1) is 18.1 Å². The lowest BCUT2D eigenvalue weighted by Gasteiger charge is -2.32. The Labute approximate surface area is 278 Å². The van der Waals surface area contributed by atoms with Crippen LogP contribution in [0, 0.1) is 17.5 Å². The number of aromatic nitrogens is 4. The minimum absolute atomic E-state index is 0.0424. The summed E-state index contributed by atoms with van der Waals surface area (Å²) in [5, 5.41) is 10.5. The summed E-state index contributed by atoms with van der Waals surface area (Å²) in [7, 11) is 0. The third kappa shape index (κ3) is 5.11. The van der Waals surface area contributed by atoms with Gasteiger partial charge in [-0.15, -0.1) is 0 Å². The third-order valence-electron chi connectivity index (χ3n) is 10.0. The van der Waals surface area contributed by atoms with E-state index in [9.17, 15) is 13.9 Å². The number of nitrogens with zero attached hydrogens (tertiary/aromatic N) is 6. The van der Waals surface area contributed by atoms with Gasteiger partial charge in [0.2, 0.25) is 5.88 Å². The lowest BCUT2D eigenvalue weighted by molar-refractivity contribution is 0.107. The van der Waals surface area contributed by atoms with Gasteiger partial charge in [-0.25, -0.2) is 27.5 Å². The molecule has 3 N–H and O–H groups in total. The second-order valence-electron chi connectivity index (χ2n) is 13.2. The lowest BCUT2D eigenvalue weighted by atomic mass is 9.95. The van der Waals surface area contributed by atoms with E-state index < -0.39 is 47.0 Å². The van der Waals surface area contributed by atoms with E-state index in [1.807, 2.05) is 17.9 Å². The van der Waals surface area contributed by atoms with Gasteiger partial charge in [0, 0.05) is 35.7 Å². The molecular formula is C35H33F4N7O3. The molecule has 0 unspecified atom stereocenters. The Morgan fingerprint density at radius 3 is 2.76 bits per heavy atom. The zero-order valence-corrected chi connectivity index (χ0v) is 26.8. The number of anilines is 2. The van der Waals surface area contributed by atoms with Crippen LogP contribution in [0.5, 0.6) is 17.6 Å². The zero-order chi connectivity index (χ0) is 34.2. The van der Waals surface area contributed by atoms with Crippen LogP contribution < -0.4 is 20.1 Å². The number of pyridine rings is 2. The van der Waals surface area contributed by atoms with Gasteiger partial charge in [0.15, 0.2) is 17.5 Å². The van der Waals surface area contributed by atoms with E-state index in [-0.39, 0.29) is 63.8 Å². The van der Waals surface area contributed by atoms with E-state index in [0.29, 0.717) is 24.3 Å². The van der Waals surface area contributed by atoms with E-state index in [4.69, 9.17) is 20.2 Å². The summed E-state index contributed by atoms with van der Waals surface area (Å²) >= 11 is 0. The Balaban J connectivity index is 1.35. The highest BCUT2D eigenvalue weighted by Gasteiger charge is 2.49. The number of phenolic OH excluding ortho intramolecular Hbond substituents is 1. The molecule has 254 valence electrons. The fourth-order valence-electron chi connectivity index (χ4n) is 7.74. The van der Waals surface area contributed by atoms with E-state index in [0.717, 1.165) is 31.5 Å². The second kappa shape index (κ2) is 11.6. The second-order valence-corrected chi connectivity index (χ2v) is 13.2. The van der Waals surface area contributed by atoms with Crippen LogP contribution in [-0.4, -0.2) is 74.0 Å². The van der Waals surface area contributed by atoms with Gasteiger partial charge in [0.1, 0.15) is 52.9 Å². The molecule has 49 heavy (non-hydrogen) atoms. The number of fused-ring (bicyclic) bond motifs is 2. The molecule has 0 saturated carbocycles. The smallest absolute Gasteiger partial charge is 0.319 e. The minimum Gasteiger partial charge on any atom is -0.508 e. The number of phenols is 1. The quantitative estimate of drug-likeness (QED) is 0.200. The first-order valence-electron chi connectivity index (χ1n) is 16.2. The molecule has 5 aromatic rings. The standard InChI is InChI=1S/C35H33F4N7O3/c1-17-14-46(18(2)22-5-3-9-41-31(22)40)32-26-30(43-34(44-32)48-16-35-8-4-10-45(35)15-20(36)13-35)28(39)29(42-33(26)49-17)23-12-21(47)11-19-6-7-24(37)27(38)25(19)23/h3,5-7,9,11-12,17-18,20,47H,4,8,10,13-16H2,1-2H3,(H2,40,41)/t17-,18-,20+,35-/m0/s1. The van der Waals surface area contributed by atoms with E-state index in [1.54, 1.807) is 19.2 Å². The highest BCUT2D eigenvalue weighted by Crippen LogP contribution is 2.45. The summed E-state index contributed by atoms with van der Waals surface area (Å²) in [6.45, 7) is 5.13. The molecule has 0 amide bonds. The van der Waals surface area contributed by atoms with Crippen LogP contribution in [0.3, 0.4) is 0 Å². The number of halogens is 4. The molecule has 4 atom stereocenters. The number of rotatable bonds is 6. The molecule has 3 aliphatic heterocycles. The van der Waals surface area contributed by atoms with Gasteiger partial charge in [-0.2, -0.15) is 9.97 Å². The highest BCUT2D eigenvalue weighted by atomic mass is 19.2. The van der Waals surface area contributed by atoms with E-state index in [1.165, 1.54) is 12.1 Å². The first kappa shape index (κ1) is 31.3. The summed E-state index contributed by atoms with van der Waals surface area (Å²) in [4.78, 5) is 22.0. The van der Waals surface area contributed by atoms with Gasteiger partial charge in [-0.05, 0) is 62.9 Å². The number of ether oxygens (including phenoxy) is 2. The van der Waals surface area contributed by atoms with Gasteiger partial charge in [-0.1, -0.05) is 12.1 Å². The molecule has 10 nitrogen and oxygen atoms in total. The highest BCUT2D eigenvalue weighted by molar-refractivity contribution is 6.02. The van der Waals surface area contributed by atoms with E-state index in [2.05, 4.69) is 19.9 Å². The van der Waals surface area contributed by atoms with Crippen molar-refractivity contribution in [2.75, 3.05) is 36.9 Å². The van der Waals surface area contributed by atoms with Crippen molar-refractivity contribution >= 4 is 33.3 Å². The Morgan fingerprint density at radius 2 is 1.94 bits per heavy atom. The number of alkyl halides is 1. The van der Waals surface area contributed by atoms with Gasteiger partial charge in [0.25, 0.3) is 0 Å². The molecule has 2 fully saturated rings. The number of benzene rings is 2. The SMILES string of the molecule is C[C@H]1CN([C@@H](C)c2cccnc2N)c2nc(OC[C@@]34CCCN3C[C@H](F)C4)nc3c(F)c(-c4cc(O)cc5ccc(F)c(F)c45)nc(c23)O1. The van der Waals surface area contributed by atoms with Crippen LogP contribution in [0.15, 0.2) is 42.6 Å². The van der Waals surface area contributed by atoms with Crippen LogP contribution in [0.25, 0.3) is 32.9 Å². The molecule has 2 aromatic carbocycles.